The molecule has 0 saturated carbocycles. The number of ether oxygens (including phenoxy) is 2. The van der Waals surface area contributed by atoms with Crippen LogP contribution >= 0.6 is 15.9 Å². The fourth-order valence-electron chi connectivity index (χ4n) is 1.28. The zero-order valence-corrected chi connectivity index (χ0v) is 15.7. The monoisotopic (exact) mass is 403 g/mol. The Morgan fingerprint density at radius 1 is 0.880 bits per heavy atom. The van der Waals surface area contributed by atoms with Crippen molar-refractivity contribution in [2.24, 2.45) is 0 Å². The van der Waals surface area contributed by atoms with Gasteiger partial charge in [0.25, 0.3) is 0 Å². The van der Waals surface area contributed by atoms with Crippen molar-refractivity contribution in [3.63, 3.8) is 0 Å². The first-order valence-corrected chi connectivity index (χ1v) is 8.05. The molecule has 4 nitrogen and oxygen atoms in total. The van der Waals surface area contributed by atoms with E-state index in [0.717, 1.165) is 16.3 Å². The topological polar surface area (TPSA) is 52.6 Å². The zero-order chi connectivity index (χ0) is 18.9. The Morgan fingerprint density at radius 3 is 1.68 bits per heavy atom. The van der Waals surface area contributed by atoms with Crippen LogP contribution in [0.5, 0.6) is 0 Å². The van der Waals surface area contributed by atoms with Crippen LogP contribution in [0.3, 0.4) is 0 Å². The number of hydrogen-bond donors (Lipinski definition) is 0. The Labute approximate surface area is 156 Å². The lowest BCUT2D eigenvalue weighted by Crippen LogP contribution is -1.88. The Balaban J connectivity index is 0.000000378. The van der Waals surface area contributed by atoms with Crippen LogP contribution in [0.15, 0.2) is 77.7 Å². The average molecular weight is 404 g/mol. The van der Waals surface area contributed by atoms with Crippen molar-refractivity contribution < 1.29 is 19.1 Å². The van der Waals surface area contributed by atoms with Crippen molar-refractivity contribution in [1.29, 1.82) is 0 Å². The highest BCUT2D eigenvalue weighted by Crippen LogP contribution is 2.05. The molecule has 130 valence electrons. The van der Waals surface area contributed by atoms with Crippen molar-refractivity contribution in [2.75, 3.05) is 0 Å². The molecular weight excluding hydrogens is 384 g/mol. The minimum atomic E-state index is -0.391. The first-order chi connectivity index (χ1) is 12.0. The van der Waals surface area contributed by atoms with Crippen LogP contribution in [0.1, 0.15) is 19.4 Å². The van der Waals surface area contributed by atoms with E-state index in [9.17, 15) is 9.59 Å². The summed E-state index contributed by atoms with van der Waals surface area (Å²) in [7, 11) is 0. The molecule has 0 N–H and O–H groups in total. The lowest BCUT2D eigenvalue weighted by atomic mass is 10.2. The highest BCUT2D eigenvalue weighted by molar-refractivity contribution is 9.10. The molecule has 0 saturated heterocycles. The summed E-state index contributed by atoms with van der Waals surface area (Å²) in [6.45, 7) is 7.31. The van der Waals surface area contributed by atoms with Gasteiger partial charge < -0.3 is 9.47 Å². The summed E-state index contributed by atoms with van der Waals surface area (Å²) in [6.07, 6.45) is 3.97. The maximum atomic E-state index is 10.4. The summed E-state index contributed by atoms with van der Waals surface area (Å²) in [4.78, 5) is 20.1. The van der Waals surface area contributed by atoms with Crippen LogP contribution in [-0.2, 0) is 19.1 Å². The second-order valence-electron chi connectivity index (χ2n) is 4.36. The van der Waals surface area contributed by atoms with Gasteiger partial charge in [-0.2, -0.15) is 0 Å². The third-order valence-corrected chi connectivity index (χ3v) is 2.79. The summed E-state index contributed by atoms with van der Waals surface area (Å²) in [5.41, 5.74) is 1.01. The van der Waals surface area contributed by atoms with E-state index in [-0.39, 0.29) is 5.97 Å². The minimum absolute atomic E-state index is 0.304. The van der Waals surface area contributed by atoms with Gasteiger partial charge >= 0.3 is 18.2 Å². The standard InChI is InChI=1S/C10H10O2.C6H5Br.C4H5O2/c1-9(11)12-8-7-10-5-3-2-4-6-10;7-6-4-2-1-3-5-6;1-3-6-4(2)5/h2-8H,1H3;1-5H;1,3H,2H3/q;;+1/b8-7+;;. The van der Waals surface area contributed by atoms with E-state index < -0.39 is 5.97 Å². The number of rotatable bonds is 3. The number of esters is 2. The molecule has 2 aromatic rings. The number of carbonyl (C=O) groups excluding carboxylic acids is 2. The maximum Gasteiger partial charge on any atom is 0.332 e. The third kappa shape index (κ3) is 15.9. The number of benzene rings is 2. The molecule has 0 heterocycles. The number of hydrogen-bond acceptors (Lipinski definition) is 4. The lowest BCUT2D eigenvalue weighted by molar-refractivity contribution is -0.136. The molecule has 25 heavy (non-hydrogen) atoms. The molecule has 0 radical (unpaired) electrons. The fraction of sp³-hybridized carbons (Fsp3) is 0.100. The van der Waals surface area contributed by atoms with Crippen LogP contribution in [0.4, 0.5) is 0 Å². The zero-order valence-electron chi connectivity index (χ0n) is 14.1. The van der Waals surface area contributed by atoms with Gasteiger partial charge in [0.05, 0.1) is 6.26 Å². The van der Waals surface area contributed by atoms with Crippen molar-refractivity contribution in [2.45, 2.75) is 13.8 Å². The largest absolute Gasteiger partial charge is 0.435 e. The fourth-order valence-corrected chi connectivity index (χ4v) is 1.59. The van der Waals surface area contributed by atoms with Gasteiger partial charge in [-0.3, -0.25) is 9.59 Å². The Kier molecular flexibility index (Phi) is 13.2. The molecular formula is C20H20BrO4+. The van der Waals surface area contributed by atoms with Crippen LogP contribution < -0.4 is 0 Å². The van der Waals surface area contributed by atoms with E-state index in [4.69, 9.17) is 0 Å². The highest BCUT2D eigenvalue weighted by Gasteiger charge is 1.86. The van der Waals surface area contributed by atoms with Crippen molar-refractivity contribution in [1.82, 2.24) is 0 Å². The minimum Gasteiger partial charge on any atom is -0.435 e. The van der Waals surface area contributed by atoms with Crippen LogP contribution in [0.25, 0.3) is 6.08 Å². The predicted octanol–water partition coefficient (Wildman–Crippen LogP) is 5.17. The Morgan fingerprint density at radius 2 is 1.36 bits per heavy atom. The van der Waals surface area contributed by atoms with E-state index in [1.807, 2.05) is 60.7 Å². The smallest absolute Gasteiger partial charge is 0.332 e. The van der Waals surface area contributed by atoms with Crippen LogP contribution in [-0.4, -0.2) is 11.9 Å². The van der Waals surface area contributed by atoms with E-state index >= 15 is 0 Å². The third-order valence-electron chi connectivity index (χ3n) is 2.26. The number of carbonyl (C=O) groups is 2. The summed E-state index contributed by atoms with van der Waals surface area (Å²) in [5, 5.41) is 0. The molecule has 0 bridgehead atoms. The quantitative estimate of drug-likeness (QED) is 0.403. The molecule has 0 atom stereocenters. The molecule has 0 aliphatic heterocycles. The maximum absolute atomic E-state index is 10.4. The normalized spacial score (nSPS) is 8.88. The van der Waals surface area contributed by atoms with Crippen molar-refractivity contribution in [3.8, 4) is 0 Å². The Bertz CT molecular complexity index is 652. The van der Waals surface area contributed by atoms with E-state index in [2.05, 4.69) is 32.0 Å². The molecule has 0 aliphatic rings. The van der Waals surface area contributed by atoms with Crippen LogP contribution in [0.2, 0.25) is 0 Å². The lowest BCUT2D eigenvalue weighted by Gasteiger charge is -1.91. The van der Waals surface area contributed by atoms with Gasteiger partial charge in [0, 0.05) is 18.3 Å². The molecule has 0 spiro atoms. The predicted molar refractivity (Wildman–Crippen MR) is 102 cm³/mol. The van der Waals surface area contributed by atoms with Gasteiger partial charge in [0.2, 0.25) is 6.58 Å². The summed E-state index contributed by atoms with van der Waals surface area (Å²) in [6, 6.07) is 19.6. The average Bonchev–Trinajstić information content (AvgIpc) is 2.57. The molecule has 0 amide bonds. The molecule has 0 aromatic heterocycles. The first-order valence-electron chi connectivity index (χ1n) is 7.25. The number of halogens is 1. The summed E-state index contributed by atoms with van der Waals surface area (Å²) < 4.78 is 9.82. The second kappa shape index (κ2) is 14.8. The highest BCUT2D eigenvalue weighted by atomic mass is 79.9. The van der Waals surface area contributed by atoms with E-state index in [1.54, 1.807) is 6.08 Å². The van der Waals surface area contributed by atoms with E-state index in [1.165, 1.54) is 20.1 Å². The molecule has 2 rings (SSSR count). The molecule has 0 fully saturated rings. The van der Waals surface area contributed by atoms with Crippen molar-refractivity contribution in [3.05, 3.63) is 89.8 Å². The van der Waals surface area contributed by atoms with Gasteiger partial charge in [0.15, 0.2) is 0 Å². The second-order valence-corrected chi connectivity index (χ2v) is 5.28. The summed E-state index contributed by atoms with van der Waals surface area (Å²) in [5.74, 6) is -0.695. The molecule has 0 aliphatic carbocycles. The SMILES string of the molecule is Brc1ccccc1.CC(=O)O/C=C/c1ccccc1.[CH+]=COC(C)=O. The van der Waals surface area contributed by atoms with E-state index in [0.29, 0.717) is 0 Å². The molecule has 2 aromatic carbocycles. The summed E-state index contributed by atoms with van der Waals surface area (Å²) >= 11 is 3.31. The van der Waals surface area contributed by atoms with Gasteiger partial charge in [0.1, 0.15) is 0 Å². The van der Waals surface area contributed by atoms with Gasteiger partial charge in [-0.1, -0.05) is 64.5 Å². The van der Waals surface area contributed by atoms with Gasteiger partial charge in [-0.25, -0.2) is 0 Å². The molecule has 5 heteroatoms. The Hall–Kier alpha value is -2.75. The van der Waals surface area contributed by atoms with Crippen LogP contribution in [0, 0.1) is 6.58 Å². The molecule has 0 unspecified atom stereocenters. The van der Waals surface area contributed by atoms with Gasteiger partial charge in [-0.15, -0.1) is 0 Å². The van der Waals surface area contributed by atoms with Gasteiger partial charge in [-0.05, 0) is 23.8 Å². The van der Waals surface area contributed by atoms with Crippen molar-refractivity contribution >= 4 is 33.9 Å². The first kappa shape index (κ1) is 22.2.